The van der Waals surface area contributed by atoms with Gasteiger partial charge in [0.1, 0.15) is 5.56 Å². The second-order valence-corrected chi connectivity index (χ2v) is 8.59. The molecular formula is C20H21F3N4OS. The fourth-order valence-electron chi connectivity index (χ4n) is 3.91. The summed E-state index contributed by atoms with van der Waals surface area (Å²) in [4.78, 5) is 17.9. The number of rotatable bonds is 3. The van der Waals surface area contributed by atoms with Gasteiger partial charge in [-0.3, -0.25) is 4.79 Å². The minimum atomic E-state index is -4.62. The number of aromatic nitrogens is 3. The van der Waals surface area contributed by atoms with Gasteiger partial charge in [0.25, 0.3) is 5.91 Å². The summed E-state index contributed by atoms with van der Waals surface area (Å²) in [5.41, 5.74) is -0.810. The lowest BCUT2D eigenvalue weighted by Crippen LogP contribution is -2.43. The maximum Gasteiger partial charge on any atom is 0.433 e. The number of carbonyl (C=O) groups excluding carboxylic acids is 1. The molecule has 5 nitrogen and oxygen atoms in total. The van der Waals surface area contributed by atoms with Crippen molar-refractivity contribution in [2.75, 3.05) is 0 Å². The minimum Gasteiger partial charge on any atom is -0.349 e. The molecule has 0 spiro atoms. The quantitative estimate of drug-likeness (QED) is 0.644. The zero-order chi connectivity index (χ0) is 20.8. The summed E-state index contributed by atoms with van der Waals surface area (Å²) in [7, 11) is 0. The van der Waals surface area contributed by atoms with Gasteiger partial charge in [-0.25, -0.2) is 9.50 Å². The molecule has 9 heteroatoms. The molecule has 0 aromatic carbocycles. The van der Waals surface area contributed by atoms with Crippen molar-refractivity contribution in [3.8, 4) is 10.6 Å². The summed E-state index contributed by atoms with van der Waals surface area (Å²) in [5, 5.41) is 8.60. The molecule has 1 aliphatic rings. The van der Waals surface area contributed by atoms with E-state index in [9.17, 15) is 18.0 Å². The van der Waals surface area contributed by atoms with Gasteiger partial charge in [-0.1, -0.05) is 32.8 Å². The average Bonchev–Trinajstić information content (AvgIpc) is 3.33. The second-order valence-electron chi connectivity index (χ2n) is 7.64. The first-order valence-corrected chi connectivity index (χ1v) is 10.4. The molecule has 1 amide bonds. The highest BCUT2D eigenvalue weighted by molar-refractivity contribution is 7.13. The van der Waals surface area contributed by atoms with Crippen molar-refractivity contribution in [2.45, 2.75) is 45.3 Å². The van der Waals surface area contributed by atoms with Crippen LogP contribution in [0.2, 0.25) is 0 Å². The van der Waals surface area contributed by atoms with Crippen LogP contribution in [-0.4, -0.2) is 26.5 Å². The Bertz CT molecular complexity index is 1030. The van der Waals surface area contributed by atoms with E-state index in [0.717, 1.165) is 25.3 Å². The fourth-order valence-corrected chi connectivity index (χ4v) is 4.59. The third-order valence-corrected chi connectivity index (χ3v) is 6.70. The number of hydrogen-bond acceptors (Lipinski definition) is 4. The maximum atomic E-state index is 13.6. The molecule has 0 aliphatic heterocycles. The largest absolute Gasteiger partial charge is 0.433 e. The molecular weight excluding hydrogens is 401 g/mol. The number of thiophene rings is 1. The molecule has 3 atom stereocenters. The van der Waals surface area contributed by atoms with Crippen LogP contribution in [0.3, 0.4) is 0 Å². The molecule has 1 fully saturated rings. The van der Waals surface area contributed by atoms with E-state index in [1.807, 2.05) is 0 Å². The lowest BCUT2D eigenvalue weighted by molar-refractivity contribution is -0.142. The van der Waals surface area contributed by atoms with E-state index >= 15 is 0 Å². The highest BCUT2D eigenvalue weighted by Crippen LogP contribution is 2.34. The Morgan fingerprint density at radius 2 is 2.10 bits per heavy atom. The first kappa shape index (κ1) is 19.9. The van der Waals surface area contributed by atoms with Crippen LogP contribution in [0.5, 0.6) is 0 Å². The van der Waals surface area contributed by atoms with E-state index in [1.54, 1.807) is 17.5 Å². The third kappa shape index (κ3) is 3.75. The number of alkyl halides is 3. The number of halogens is 3. The number of carbonyl (C=O) groups is 1. The molecule has 3 aromatic rings. The Balaban J connectivity index is 1.75. The highest BCUT2D eigenvalue weighted by atomic mass is 32.1. The Hall–Kier alpha value is -2.42. The van der Waals surface area contributed by atoms with Crippen molar-refractivity contribution in [2.24, 2.45) is 11.8 Å². The van der Waals surface area contributed by atoms with Gasteiger partial charge in [0, 0.05) is 6.04 Å². The summed E-state index contributed by atoms with van der Waals surface area (Å²) in [6, 6.07) is 4.40. The lowest BCUT2D eigenvalue weighted by atomic mass is 9.78. The number of nitrogens with zero attached hydrogens (tertiary/aromatic N) is 3. The normalized spacial score (nSPS) is 22.7. The summed E-state index contributed by atoms with van der Waals surface area (Å²) in [6.45, 7) is 4.25. The van der Waals surface area contributed by atoms with E-state index in [0.29, 0.717) is 21.2 Å². The van der Waals surface area contributed by atoms with Gasteiger partial charge in [0.15, 0.2) is 11.3 Å². The van der Waals surface area contributed by atoms with Crippen molar-refractivity contribution in [3.05, 3.63) is 41.0 Å². The van der Waals surface area contributed by atoms with Crippen molar-refractivity contribution in [1.29, 1.82) is 0 Å². The Kier molecular flexibility index (Phi) is 5.10. The molecule has 0 unspecified atom stereocenters. The number of hydrogen-bond donors (Lipinski definition) is 1. The van der Waals surface area contributed by atoms with Gasteiger partial charge in [0.2, 0.25) is 0 Å². The fraction of sp³-hybridized carbons (Fsp3) is 0.450. The molecule has 3 aromatic heterocycles. The van der Waals surface area contributed by atoms with Gasteiger partial charge >= 0.3 is 6.18 Å². The molecule has 1 N–H and O–H groups in total. The highest BCUT2D eigenvalue weighted by Gasteiger charge is 2.36. The van der Waals surface area contributed by atoms with Crippen LogP contribution in [0.15, 0.2) is 29.8 Å². The molecule has 3 heterocycles. The van der Waals surface area contributed by atoms with Crippen LogP contribution < -0.4 is 5.32 Å². The van der Waals surface area contributed by atoms with Gasteiger partial charge in [-0.05, 0) is 35.8 Å². The number of nitrogens with one attached hydrogen (secondary N) is 1. The summed E-state index contributed by atoms with van der Waals surface area (Å²) in [5.74, 6) is 0.350. The van der Waals surface area contributed by atoms with Gasteiger partial charge in [-0.15, -0.1) is 11.3 Å². The van der Waals surface area contributed by atoms with Gasteiger partial charge in [0.05, 0.1) is 16.8 Å². The monoisotopic (exact) mass is 422 g/mol. The van der Waals surface area contributed by atoms with Crippen LogP contribution in [0.25, 0.3) is 16.2 Å². The minimum absolute atomic E-state index is 0.0104. The van der Waals surface area contributed by atoms with Gasteiger partial charge < -0.3 is 5.32 Å². The summed E-state index contributed by atoms with van der Waals surface area (Å²) < 4.78 is 41.6. The second kappa shape index (κ2) is 7.44. The zero-order valence-electron chi connectivity index (χ0n) is 16.0. The molecule has 1 aliphatic carbocycles. The van der Waals surface area contributed by atoms with E-state index in [1.165, 1.54) is 17.5 Å². The van der Waals surface area contributed by atoms with Crippen LogP contribution in [0.4, 0.5) is 13.2 Å². The van der Waals surface area contributed by atoms with Crippen LogP contribution in [0, 0.1) is 11.8 Å². The molecule has 1 saturated carbocycles. The maximum absolute atomic E-state index is 13.6. The molecule has 0 radical (unpaired) electrons. The first-order chi connectivity index (χ1) is 13.8. The van der Waals surface area contributed by atoms with E-state index in [4.69, 9.17) is 0 Å². The van der Waals surface area contributed by atoms with E-state index in [2.05, 4.69) is 29.2 Å². The summed E-state index contributed by atoms with van der Waals surface area (Å²) in [6.07, 6.45) is -0.463. The predicted octanol–water partition coefficient (Wildman–Crippen LogP) is 5.03. The molecule has 0 bridgehead atoms. The zero-order valence-corrected chi connectivity index (χ0v) is 16.8. The molecule has 154 valence electrons. The molecule has 0 saturated heterocycles. The Morgan fingerprint density at radius 3 is 2.79 bits per heavy atom. The standard InChI is InChI=1S/C20H21F3N4OS/c1-11-5-3-6-14(12(11)2)26-19(28)13-10-24-27-17(20(21,22)23)9-15(25-18(13)27)16-7-4-8-29-16/h4,7-12,14H,3,5-6H2,1-2H3,(H,26,28)/t11-,12+,14+/m1/s1. The van der Waals surface area contributed by atoms with Crippen LogP contribution in [0.1, 0.15) is 49.2 Å². The number of amides is 1. The van der Waals surface area contributed by atoms with Crippen LogP contribution in [-0.2, 0) is 6.18 Å². The van der Waals surface area contributed by atoms with E-state index < -0.39 is 17.8 Å². The molecule has 4 rings (SSSR count). The van der Waals surface area contributed by atoms with Crippen LogP contribution >= 0.6 is 11.3 Å². The number of fused-ring (bicyclic) bond motifs is 1. The topological polar surface area (TPSA) is 59.3 Å². The predicted molar refractivity (Wildman–Crippen MR) is 105 cm³/mol. The van der Waals surface area contributed by atoms with Crippen molar-refractivity contribution in [1.82, 2.24) is 19.9 Å². The SMILES string of the molecule is C[C@H]1[C@H](C)CCC[C@@H]1NC(=O)c1cnn2c(C(F)(F)F)cc(-c3cccs3)nc12. The first-order valence-electron chi connectivity index (χ1n) is 9.56. The lowest BCUT2D eigenvalue weighted by Gasteiger charge is -2.34. The average molecular weight is 422 g/mol. The third-order valence-electron chi connectivity index (χ3n) is 5.80. The van der Waals surface area contributed by atoms with Gasteiger partial charge in [-0.2, -0.15) is 18.3 Å². The van der Waals surface area contributed by atoms with Crippen molar-refractivity contribution >= 4 is 22.9 Å². The van der Waals surface area contributed by atoms with Crippen molar-refractivity contribution < 1.29 is 18.0 Å². The summed E-state index contributed by atoms with van der Waals surface area (Å²) >= 11 is 1.29. The van der Waals surface area contributed by atoms with E-state index in [-0.39, 0.29) is 22.9 Å². The van der Waals surface area contributed by atoms with Crippen molar-refractivity contribution in [3.63, 3.8) is 0 Å². The Labute approximate surface area is 170 Å². The Morgan fingerprint density at radius 1 is 1.31 bits per heavy atom. The smallest absolute Gasteiger partial charge is 0.349 e. The molecule has 29 heavy (non-hydrogen) atoms.